The third-order valence-corrected chi connectivity index (χ3v) is 7.39. The Morgan fingerprint density at radius 1 is 0.914 bits per heavy atom. The average molecular weight is 496 g/mol. The first-order valence-corrected chi connectivity index (χ1v) is 11.7. The fourth-order valence-corrected chi connectivity index (χ4v) is 5.72. The monoisotopic (exact) mass is 495 g/mol. The minimum atomic E-state index is -0.766. The molecule has 0 unspecified atom stereocenters. The molecule has 10 heteroatoms. The van der Waals surface area contributed by atoms with Crippen LogP contribution in [0.4, 0.5) is 5.69 Å². The number of esters is 1. The molecule has 2 saturated carbocycles. The molecular weight excluding hydrogens is 474 g/mol. The van der Waals surface area contributed by atoms with Crippen molar-refractivity contribution in [2.45, 2.75) is 19.3 Å². The van der Waals surface area contributed by atoms with Gasteiger partial charge in [-0.05, 0) is 67.5 Å². The van der Waals surface area contributed by atoms with Gasteiger partial charge in [-0.25, -0.2) is 4.79 Å². The number of amides is 4. The fraction of sp³-hybridized carbons (Fsp3) is 0.320. The van der Waals surface area contributed by atoms with Crippen LogP contribution in [0.3, 0.4) is 0 Å². The summed E-state index contributed by atoms with van der Waals surface area (Å²) in [6, 6.07) is 12.3. The number of nitrogens with one attached hydrogen (secondary N) is 2. The van der Waals surface area contributed by atoms with Crippen LogP contribution >= 0.6 is 11.6 Å². The van der Waals surface area contributed by atoms with Crippen LogP contribution < -0.4 is 15.8 Å². The number of ether oxygens (including phenoxy) is 1. The summed E-state index contributed by atoms with van der Waals surface area (Å²) in [5.74, 6) is -2.29. The molecule has 180 valence electrons. The second-order valence-electron chi connectivity index (χ2n) is 9.00. The van der Waals surface area contributed by atoms with Crippen molar-refractivity contribution >= 4 is 46.9 Å². The minimum absolute atomic E-state index is 0.154. The SMILES string of the molecule is O=C(COC(=O)c1ccc(N2C(=O)[C@@H]3[C@H]4CC[C@@H](C4)[C@H]3C2=O)cc1)NNC(=O)c1ccccc1Cl. The normalized spacial score (nSPS) is 24.3. The van der Waals surface area contributed by atoms with E-state index < -0.39 is 24.4 Å². The highest BCUT2D eigenvalue weighted by atomic mass is 35.5. The Hall–Kier alpha value is -3.72. The van der Waals surface area contributed by atoms with E-state index in [1.54, 1.807) is 12.1 Å². The zero-order chi connectivity index (χ0) is 24.7. The Bertz CT molecular complexity index is 1200. The number of carbonyl (C=O) groups is 5. The molecule has 3 aliphatic rings. The van der Waals surface area contributed by atoms with E-state index in [0.29, 0.717) is 17.5 Å². The van der Waals surface area contributed by atoms with Gasteiger partial charge in [-0.1, -0.05) is 23.7 Å². The largest absolute Gasteiger partial charge is 0.452 e. The number of nitrogens with zero attached hydrogens (tertiary/aromatic N) is 1. The van der Waals surface area contributed by atoms with Crippen molar-refractivity contribution in [1.82, 2.24) is 10.9 Å². The van der Waals surface area contributed by atoms with Gasteiger partial charge < -0.3 is 4.74 Å². The quantitative estimate of drug-likeness (QED) is 0.373. The molecular formula is C25H22ClN3O6. The van der Waals surface area contributed by atoms with Gasteiger partial charge in [-0.2, -0.15) is 0 Å². The highest BCUT2D eigenvalue weighted by Crippen LogP contribution is 2.56. The molecule has 35 heavy (non-hydrogen) atoms. The second-order valence-corrected chi connectivity index (χ2v) is 9.41. The topological polar surface area (TPSA) is 122 Å². The number of rotatable bonds is 5. The summed E-state index contributed by atoms with van der Waals surface area (Å²) in [5.41, 5.74) is 5.09. The van der Waals surface area contributed by atoms with E-state index in [1.807, 2.05) is 0 Å². The maximum absolute atomic E-state index is 12.9. The summed E-state index contributed by atoms with van der Waals surface area (Å²) in [6.07, 6.45) is 2.96. The Labute approximate surface area is 205 Å². The van der Waals surface area contributed by atoms with Crippen molar-refractivity contribution in [3.63, 3.8) is 0 Å². The Morgan fingerprint density at radius 3 is 2.17 bits per heavy atom. The molecule has 1 heterocycles. The lowest BCUT2D eigenvalue weighted by molar-refractivity contribution is -0.125. The number of anilines is 1. The number of benzene rings is 2. The molecule has 2 bridgehead atoms. The van der Waals surface area contributed by atoms with Gasteiger partial charge in [-0.3, -0.25) is 34.9 Å². The highest BCUT2D eigenvalue weighted by Gasteiger charge is 2.61. The van der Waals surface area contributed by atoms with Crippen LogP contribution in [0.5, 0.6) is 0 Å². The molecule has 2 aliphatic carbocycles. The fourth-order valence-electron chi connectivity index (χ4n) is 5.50. The Morgan fingerprint density at radius 2 is 1.54 bits per heavy atom. The molecule has 9 nitrogen and oxygen atoms in total. The van der Waals surface area contributed by atoms with Gasteiger partial charge >= 0.3 is 5.97 Å². The molecule has 4 atom stereocenters. The van der Waals surface area contributed by atoms with Gasteiger partial charge in [0.25, 0.3) is 11.8 Å². The summed E-state index contributed by atoms with van der Waals surface area (Å²) in [6.45, 7) is -0.626. The predicted octanol–water partition coefficient (Wildman–Crippen LogP) is 2.49. The number of fused-ring (bicyclic) bond motifs is 5. The van der Waals surface area contributed by atoms with Gasteiger partial charge in [0.15, 0.2) is 6.61 Å². The Kier molecular flexibility index (Phi) is 6.02. The standard InChI is InChI=1S/C25H22ClN3O6/c26-18-4-2-1-3-17(18)22(31)28-27-19(30)12-35-25(34)13-7-9-16(10-8-13)29-23(32)20-14-5-6-15(11-14)21(20)24(29)33/h1-4,7-10,14-15,20-21H,5-6,11-12H2,(H,27,30)(H,28,31)/t14-,15-,20+,21+/m0/s1. The molecule has 0 aromatic heterocycles. The molecule has 2 N–H and O–H groups in total. The molecule has 1 saturated heterocycles. The van der Waals surface area contributed by atoms with Crippen LogP contribution in [0.15, 0.2) is 48.5 Å². The van der Waals surface area contributed by atoms with E-state index in [9.17, 15) is 24.0 Å². The number of hydrogen-bond donors (Lipinski definition) is 2. The zero-order valence-electron chi connectivity index (χ0n) is 18.5. The van der Waals surface area contributed by atoms with Crippen LogP contribution in [-0.2, 0) is 19.1 Å². The third kappa shape index (κ3) is 4.16. The summed E-state index contributed by atoms with van der Waals surface area (Å²) in [4.78, 5) is 63.4. The molecule has 2 aromatic rings. The summed E-state index contributed by atoms with van der Waals surface area (Å²) >= 11 is 5.93. The van der Waals surface area contributed by atoms with Crippen molar-refractivity contribution < 1.29 is 28.7 Å². The molecule has 1 aliphatic heterocycles. The van der Waals surface area contributed by atoms with Crippen LogP contribution in [0.25, 0.3) is 0 Å². The lowest BCUT2D eigenvalue weighted by Gasteiger charge is -2.19. The molecule has 0 radical (unpaired) electrons. The van der Waals surface area contributed by atoms with E-state index >= 15 is 0 Å². The Balaban J connectivity index is 1.14. The minimum Gasteiger partial charge on any atom is -0.452 e. The van der Waals surface area contributed by atoms with Gasteiger partial charge in [0.2, 0.25) is 11.8 Å². The van der Waals surface area contributed by atoms with Crippen molar-refractivity contribution in [3.05, 3.63) is 64.7 Å². The summed E-state index contributed by atoms with van der Waals surface area (Å²) < 4.78 is 4.98. The first-order valence-electron chi connectivity index (χ1n) is 11.3. The third-order valence-electron chi connectivity index (χ3n) is 7.06. The van der Waals surface area contributed by atoms with Crippen molar-refractivity contribution in [1.29, 1.82) is 0 Å². The smallest absolute Gasteiger partial charge is 0.338 e. The highest BCUT2D eigenvalue weighted by molar-refractivity contribution is 6.33. The first-order chi connectivity index (χ1) is 16.8. The van der Waals surface area contributed by atoms with Crippen LogP contribution in [0.2, 0.25) is 5.02 Å². The van der Waals surface area contributed by atoms with E-state index in [-0.39, 0.29) is 39.8 Å². The summed E-state index contributed by atoms with van der Waals surface area (Å²) in [7, 11) is 0. The van der Waals surface area contributed by atoms with Crippen molar-refractivity contribution in [3.8, 4) is 0 Å². The van der Waals surface area contributed by atoms with Crippen molar-refractivity contribution in [2.24, 2.45) is 23.7 Å². The predicted molar refractivity (Wildman–Crippen MR) is 124 cm³/mol. The molecule has 3 fully saturated rings. The van der Waals surface area contributed by atoms with Crippen LogP contribution in [0.1, 0.15) is 40.0 Å². The van der Waals surface area contributed by atoms with Gasteiger partial charge in [0.1, 0.15) is 0 Å². The average Bonchev–Trinajstić information content (AvgIpc) is 3.55. The van der Waals surface area contributed by atoms with E-state index in [0.717, 1.165) is 19.3 Å². The van der Waals surface area contributed by atoms with E-state index in [1.165, 1.54) is 41.3 Å². The van der Waals surface area contributed by atoms with E-state index in [4.69, 9.17) is 16.3 Å². The van der Waals surface area contributed by atoms with Gasteiger partial charge in [-0.15, -0.1) is 0 Å². The van der Waals surface area contributed by atoms with Gasteiger partial charge in [0, 0.05) is 0 Å². The van der Waals surface area contributed by atoms with Crippen LogP contribution in [-0.4, -0.2) is 36.2 Å². The second kappa shape index (κ2) is 9.14. The number of carbonyl (C=O) groups excluding carboxylic acids is 5. The van der Waals surface area contributed by atoms with Crippen molar-refractivity contribution in [2.75, 3.05) is 11.5 Å². The molecule has 2 aromatic carbocycles. The molecule has 4 amide bonds. The summed E-state index contributed by atoms with van der Waals surface area (Å²) in [5, 5.41) is 0.224. The number of imide groups is 1. The molecule has 5 rings (SSSR count). The van der Waals surface area contributed by atoms with Crippen LogP contribution in [0, 0.1) is 23.7 Å². The first kappa shape index (κ1) is 23.0. The lowest BCUT2D eigenvalue weighted by Crippen LogP contribution is -2.43. The number of hydrazine groups is 1. The maximum Gasteiger partial charge on any atom is 0.338 e. The van der Waals surface area contributed by atoms with Gasteiger partial charge in [0.05, 0.1) is 33.7 Å². The lowest BCUT2D eigenvalue weighted by atomic mass is 9.81. The van der Waals surface area contributed by atoms with E-state index in [2.05, 4.69) is 10.9 Å². The number of hydrogen-bond acceptors (Lipinski definition) is 6. The number of halogens is 1. The zero-order valence-corrected chi connectivity index (χ0v) is 19.3. The maximum atomic E-state index is 12.9. The molecule has 0 spiro atoms.